The fourth-order valence-corrected chi connectivity index (χ4v) is 2.84. The Labute approximate surface area is 115 Å². The van der Waals surface area contributed by atoms with E-state index < -0.39 is 0 Å². The van der Waals surface area contributed by atoms with Crippen LogP contribution in [0.5, 0.6) is 0 Å². The summed E-state index contributed by atoms with van der Waals surface area (Å²) in [5.74, 6) is 1.62. The van der Waals surface area contributed by atoms with Gasteiger partial charge in [-0.05, 0) is 42.0 Å². The van der Waals surface area contributed by atoms with Crippen LogP contribution in [0.1, 0.15) is 31.4 Å². The molecule has 0 radical (unpaired) electrons. The Bertz CT molecular complexity index is 405. The molecule has 2 rings (SSSR count). The second-order valence-corrected chi connectivity index (χ2v) is 6.02. The minimum absolute atomic E-state index is 0.554. The molecule has 1 aromatic carbocycles. The van der Waals surface area contributed by atoms with Crippen LogP contribution in [0.25, 0.3) is 0 Å². The highest BCUT2D eigenvalue weighted by Crippen LogP contribution is 2.26. The Morgan fingerprint density at radius 2 is 2.11 bits per heavy atom. The Morgan fingerprint density at radius 3 is 2.72 bits per heavy atom. The standard InChI is InChI=1S/C15H23ClN2/c1-11-5-6-18(9-12(11)2)10-14-4-3-13(8-17)7-15(14)16/h3-4,7,11-12H,5-6,8-10,17H2,1-2H3. The molecule has 0 aromatic heterocycles. The number of nitrogens with zero attached hydrogens (tertiary/aromatic N) is 1. The van der Waals surface area contributed by atoms with Gasteiger partial charge in [0.1, 0.15) is 0 Å². The van der Waals surface area contributed by atoms with E-state index in [0.29, 0.717) is 6.54 Å². The van der Waals surface area contributed by atoms with Crippen LogP contribution in [-0.2, 0) is 13.1 Å². The molecule has 0 amide bonds. The molecule has 1 aliphatic rings. The summed E-state index contributed by atoms with van der Waals surface area (Å²) in [5.41, 5.74) is 7.94. The summed E-state index contributed by atoms with van der Waals surface area (Å²) in [7, 11) is 0. The topological polar surface area (TPSA) is 29.3 Å². The van der Waals surface area contributed by atoms with Gasteiger partial charge < -0.3 is 5.73 Å². The maximum atomic E-state index is 6.31. The SMILES string of the molecule is CC1CCN(Cc2ccc(CN)cc2Cl)CC1C. The van der Waals surface area contributed by atoms with E-state index in [9.17, 15) is 0 Å². The molecule has 0 bridgehead atoms. The number of piperidine rings is 1. The van der Waals surface area contributed by atoms with Crippen LogP contribution in [0.4, 0.5) is 0 Å². The summed E-state index contributed by atoms with van der Waals surface area (Å²) >= 11 is 6.31. The maximum Gasteiger partial charge on any atom is 0.0454 e. The highest BCUT2D eigenvalue weighted by molar-refractivity contribution is 6.31. The first kappa shape index (κ1) is 13.9. The van der Waals surface area contributed by atoms with Gasteiger partial charge in [0.2, 0.25) is 0 Å². The lowest BCUT2D eigenvalue weighted by Crippen LogP contribution is -2.37. The third-order valence-corrected chi connectivity index (χ3v) is 4.52. The fraction of sp³-hybridized carbons (Fsp3) is 0.600. The largest absolute Gasteiger partial charge is 0.326 e. The van der Waals surface area contributed by atoms with Crippen molar-refractivity contribution in [3.8, 4) is 0 Å². The van der Waals surface area contributed by atoms with E-state index in [-0.39, 0.29) is 0 Å². The van der Waals surface area contributed by atoms with Crippen LogP contribution in [0.2, 0.25) is 5.02 Å². The molecular weight excluding hydrogens is 244 g/mol. The summed E-state index contributed by atoms with van der Waals surface area (Å²) in [6.07, 6.45) is 1.29. The number of nitrogens with two attached hydrogens (primary N) is 1. The summed E-state index contributed by atoms with van der Waals surface area (Å²) < 4.78 is 0. The minimum Gasteiger partial charge on any atom is -0.326 e. The van der Waals surface area contributed by atoms with Crippen molar-refractivity contribution in [1.29, 1.82) is 0 Å². The van der Waals surface area contributed by atoms with Crippen molar-refractivity contribution >= 4 is 11.6 Å². The van der Waals surface area contributed by atoms with Gasteiger partial charge in [0.25, 0.3) is 0 Å². The number of benzene rings is 1. The monoisotopic (exact) mass is 266 g/mol. The van der Waals surface area contributed by atoms with Gasteiger partial charge in [-0.1, -0.05) is 37.6 Å². The van der Waals surface area contributed by atoms with Gasteiger partial charge >= 0.3 is 0 Å². The lowest BCUT2D eigenvalue weighted by Gasteiger charge is -2.35. The van der Waals surface area contributed by atoms with Crippen molar-refractivity contribution < 1.29 is 0 Å². The van der Waals surface area contributed by atoms with Crippen LogP contribution in [-0.4, -0.2) is 18.0 Å². The fourth-order valence-electron chi connectivity index (χ4n) is 2.58. The zero-order valence-corrected chi connectivity index (χ0v) is 12.1. The first-order valence-electron chi connectivity index (χ1n) is 6.80. The summed E-state index contributed by atoms with van der Waals surface area (Å²) in [5, 5.41) is 0.851. The quantitative estimate of drug-likeness (QED) is 0.910. The average Bonchev–Trinajstić information content (AvgIpc) is 2.36. The Hall–Kier alpha value is -0.570. The van der Waals surface area contributed by atoms with E-state index in [1.807, 2.05) is 6.07 Å². The summed E-state index contributed by atoms with van der Waals surface area (Å²) in [6.45, 7) is 8.57. The Morgan fingerprint density at radius 1 is 1.33 bits per heavy atom. The molecule has 2 nitrogen and oxygen atoms in total. The van der Waals surface area contributed by atoms with Crippen LogP contribution >= 0.6 is 11.6 Å². The van der Waals surface area contributed by atoms with Crippen LogP contribution in [0.3, 0.4) is 0 Å². The zero-order chi connectivity index (χ0) is 13.1. The average molecular weight is 267 g/mol. The van der Waals surface area contributed by atoms with Gasteiger partial charge in [0.05, 0.1) is 0 Å². The van der Waals surface area contributed by atoms with Crippen molar-refractivity contribution in [2.24, 2.45) is 17.6 Å². The third kappa shape index (κ3) is 3.25. The second-order valence-electron chi connectivity index (χ2n) is 5.61. The summed E-state index contributed by atoms with van der Waals surface area (Å²) in [4.78, 5) is 2.51. The van der Waals surface area contributed by atoms with Crippen LogP contribution in [0.15, 0.2) is 18.2 Å². The first-order valence-corrected chi connectivity index (χ1v) is 7.17. The van der Waals surface area contributed by atoms with Gasteiger partial charge in [-0.3, -0.25) is 4.90 Å². The number of hydrogen-bond donors (Lipinski definition) is 1. The van der Waals surface area contributed by atoms with Crippen molar-refractivity contribution in [3.05, 3.63) is 34.3 Å². The third-order valence-electron chi connectivity index (χ3n) is 4.17. The predicted molar refractivity (Wildman–Crippen MR) is 77.6 cm³/mol. The van der Waals surface area contributed by atoms with Crippen LogP contribution < -0.4 is 5.73 Å². The lowest BCUT2D eigenvalue weighted by molar-refractivity contribution is 0.132. The van der Waals surface area contributed by atoms with Crippen molar-refractivity contribution in [2.45, 2.75) is 33.4 Å². The van der Waals surface area contributed by atoms with Crippen molar-refractivity contribution in [1.82, 2.24) is 4.90 Å². The molecule has 0 saturated carbocycles. The number of rotatable bonds is 3. The zero-order valence-electron chi connectivity index (χ0n) is 11.3. The van der Waals surface area contributed by atoms with E-state index in [0.717, 1.165) is 29.0 Å². The maximum absolute atomic E-state index is 6.31. The van der Waals surface area contributed by atoms with Crippen molar-refractivity contribution in [3.63, 3.8) is 0 Å². The molecule has 1 saturated heterocycles. The molecule has 2 N–H and O–H groups in total. The summed E-state index contributed by atoms with van der Waals surface area (Å²) in [6, 6.07) is 6.19. The molecule has 3 heteroatoms. The molecule has 0 spiro atoms. The van der Waals surface area contributed by atoms with Crippen molar-refractivity contribution in [2.75, 3.05) is 13.1 Å². The highest BCUT2D eigenvalue weighted by Gasteiger charge is 2.22. The van der Waals surface area contributed by atoms with E-state index in [1.54, 1.807) is 0 Å². The van der Waals surface area contributed by atoms with Crippen LogP contribution in [0, 0.1) is 11.8 Å². The molecule has 1 heterocycles. The van der Waals surface area contributed by atoms with E-state index in [1.165, 1.54) is 25.1 Å². The smallest absolute Gasteiger partial charge is 0.0454 e. The van der Waals surface area contributed by atoms with Gasteiger partial charge in [-0.2, -0.15) is 0 Å². The van der Waals surface area contributed by atoms with E-state index >= 15 is 0 Å². The number of likely N-dealkylation sites (tertiary alicyclic amines) is 1. The van der Waals surface area contributed by atoms with E-state index in [2.05, 4.69) is 30.9 Å². The van der Waals surface area contributed by atoms with Gasteiger partial charge in [0, 0.05) is 24.7 Å². The molecule has 18 heavy (non-hydrogen) atoms. The van der Waals surface area contributed by atoms with Gasteiger partial charge in [-0.25, -0.2) is 0 Å². The molecule has 1 fully saturated rings. The molecule has 1 aliphatic heterocycles. The predicted octanol–water partition coefficient (Wildman–Crippen LogP) is 3.28. The normalized spacial score (nSPS) is 25.3. The van der Waals surface area contributed by atoms with Gasteiger partial charge in [0.15, 0.2) is 0 Å². The van der Waals surface area contributed by atoms with E-state index in [4.69, 9.17) is 17.3 Å². The Balaban J connectivity index is 2.01. The molecule has 2 atom stereocenters. The highest BCUT2D eigenvalue weighted by atomic mass is 35.5. The molecule has 0 aliphatic carbocycles. The minimum atomic E-state index is 0.554. The molecule has 1 aromatic rings. The second kappa shape index (κ2) is 6.05. The lowest BCUT2D eigenvalue weighted by atomic mass is 9.88. The van der Waals surface area contributed by atoms with Gasteiger partial charge in [-0.15, -0.1) is 0 Å². The first-order chi connectivity index (χ1) is 8.60. The number of hydrogen-bond acceptors (Lipinski definition) is 2. The molecule has 2 unspecified atom stereocenters. The number of halogens is 1. The Kier molecular flexibility index (Phi) is 4.66. The molecular formula is C15H23ClN2. The molecule has 100 valence electrons.